The third kappa shape index (κ3) is 5.09. The van der Waals surface area contributed by atoms with Gasteiger partial charge in [0.05, 0.1) is 21.2 Å². The Morgan fingerprint density at radius 1 is 1.29 bits per heavy atom. The van der Waals surface area contributed by atoms with Crippen LogP contribution in [0, 0.1) is 17.3 Å². The first-order valence-corrected chi connectivity index (χ1v) is 14.3. The lowest BCUT2D eigenvalue weighted by Gasteiger charge is -2.25. The highest BCUT2D eigenvalue weighted by Crippen LogP contribution is 2.35. The number of aryl methyl sites for hydroxylation is 1. The highest BCUT2D eigenvalue weighted by Gasteiger charge is 2.27. The number of aromatic nitrogens is 3. The fraction of sp³-hybridized carbons (Fsp3) is 0.391. The Morgan fingerprint density at radius 2 is 1.97 bits per heavy atom. The van der Waals surface area contributed by atoms with Gasteiger partial charge in [-0.2, -0.15) is 5.26 Å². The number of benzene rings is 1. The van der Waals surface area contributed by atoms with Gasteiger partial charge in [0.25, 0.3) is 5.56 Å². The Morgan fingerprint density at radius 3 is 2.63 bits per heavy atom. The fourth-order valence-corrected chi connectivity index (χ4v) is 6.88. The SMILES string of the molecule is C[C@@H](Nc1ncnc2c1cc(C1CCS(=O)(=NC#N)CC1)c(=O)n2C)c1cccc(C(P)P)c1F. The number of halogens is 1. The molecule has 184 valence electrons. The normalized spacial score (nSPS) is 21.0. The predicted molar refractivity (Wildman–Crippen MR) is 143 cm³/mol. The van der Waals surface area contributed by atoms with Gasteiger partial charge in [0, 0.05) is 35.1 Å². The van der Waals surface area contributed by atoms with E-state index in [4.69, 9.17) is 5.26 Å². The summed E-state index contributed by atoms with van der Waals surface area (Å²) in [6, 6.07) is 6.72. The molecule has 4 rings (SSSR count). The lowest BCUT2D eigenvalue weighted by molar-refractivity contribution is 0.589. The molecule has 0 amide bonds. The van der Waals surface area contributed by atoms with Crippen LogP contribution in [0.4, 0.5) is 10.2 Å². The molecule has 3 aromatic rings. The Bertz CT molecular complexity index is 1500. The van der Waals surface area contributed by atoms with E-state index in [1.165, 1.54) is 10.9 Å². The van der Waals surface area contributed by atoms with E-state index in [-0.39, 0.29) is 34.2 Å². The smallest absolute Gasteiger partial charge is 0.255 e. The first kappa shape index (κ1) is 25.6. The Balaban J connectivity index is 1.72. The number of nitrogens with zero attached hydrogens (tertiary/aromatic N) is 5. The first-order valence-electron chi connectivity index (χ1n) is 11.2. The maximum atomic E-state index is 15.1. The number of anilines is 1. The van der Waals surface area contributed by atoms with Gasteiger partial charge in [-0.05, 0) is 37.3 Å². The lowest BCUT2D eigenvalue weighted by Crippen LogP contribution is -2.29. The zero-order chi connectivity index (χ0) is 25.3. The largest absolute Gasteiger partial charge is 0.363 e. The summed E-state index contributed by atoms with van der Waals surface area (Å²) in [5.41, 5.74) is 1.98. The van der Waals surface area contributed by atoms with Gasteiger partial charge in [-0.25, -0.2) is 18.6 Å². The van der Waals surface area contributed by atoms with Crippen molar-refractivity contribution in [2.24, 2.45) is 11.4 Å². The van der Waals surface area contributed by atoms with E-state index in [0.717, 1.165) is 0 Å². The summed E-state index contributed by atoms with van der Waals surface area (Å²) in [5.74, 6) is 0.672. The molecule has 1 N–H and O–H groups in total. The van der Waals surface area contributed by atoms with Crippen LogP contribution >= 0.6 is 18.5 Å². The maximum absolute atomic E-state index is 15.1. The second-order valence-electron chi connectivity index (χ2n) is 8.71. The van der Waals surface area contributed by atoms with Gasteiger partial charge in [-0.15, -0.1) is 22.8 Å². The van der Waals surface area contributed by atoms with Gasteiger partial charge in [0.2, 0.25) is 6.19 Å². The Kier molecular flexibility index (Phi) is 7.51. The fourth-order valence-electron chi connectivity index (χ4n) is 4.52. The van der Waals surface area contributed by atoms with Gasteiger partial charge >= 0.3 is 0 Å². The van der Waals surface area contributed by atoms with Crippen LogP contribution in [-0.4, -0.2) is 30.2 Å². The number of hydrogen-bond acceptors (Lipinski definition) is 7. The quantitative estimate of drug-likeness (QED) is 0.389. The van der Waals surface area contributed by atoms with Gasteiger partial charge in [-0.3, -0.25) is 9.36 Å². The zero-order valence-corrected chi connectivity index (χ0v) is 22.6. The second kappa shape index (κ2) is 10.3. The van der Waals surface area contributed by atoms with Crippen LogP contribution in [0.1, 0.15) is 53.8 Å². The lowest BCUT2D eigenvalue weighted by atomic mass is 9.94. The van der Waals surface area contributed by atoms with Crippen molar-refractivity contribution >= 4 is 45.1 Å². The van der Waals surface area contributed by atoms with Crippen LogP contribution < -0.4 is 10.9 Å². The summed E-state index contributed by atoms with van der Waals surface area (Å²) in [6.45, 7) is 1.86. The molecule has 1 fully saturated rings. The van der Waals surface area contributed by atoms with Crippen molar-refractivity contribution in [1.82, 2.24) is 14.5 Å². The summed E-state index contributed by atoms with van der Waals surface area (Å²) in [4.78, 5) is 21.9. The molecule has 1 saturated heterocycles. The molecule has 2 unspecified atom stereocenters. The molecule has 8 nitrogen and oxygen atoms in total. The predicted octanol–water partition coefficient (Wildman–Crippen LogP) is 4.22. The van der Waals surface area contributed by atoms with Crippen LogP contribution in [-0.2, 0) is 16.8 Å². The highest BCUT2D eigenvalue weighted by atomic mass is 32.2. The zero-order valence-electron chi connectivity index (χ0n) is 19.4. The summed E-state index contributed by atoms with van der Waals surface area (Å²) < 4.78 is 32.9. The molecular formula is C23H27FN6O2P2S. The van der Waals surface area contributed by atoms with Crippen molar-refractivity contribution in [1.29, 1.82) is 5.26 Å². The van der Waals surface area contributed by atoms with Gasteiger partial charge < -0.3 is 5.32 Å². The van der Waals surface area contributed by atoms with Crippen LogP contribution in [0.15, 0.2) is 39.8 Å². The molecule has 0 aliphatic carbocycles. The molecule has 0 spiro atoms. The van der Waals surface area contributed by atoms with E-state index in [9.17, 15) is 9.00 Å². The van der Waals surface area contributed by atoms with E-state index in [1.54, 1.807) is 31.4 Å². The summed E-state index contributed by atoms with van der Waals surface area (Å²) in [7, 11) is 4.28. The van der Waals surface area contributed by atoms with E-state index < -0.39 is 15.8 Å². The van der Waals surface area contributed by atoms with Crippen LogP contribution in [0.5, 0.6) is 0 Å². The molecule has 12 heteroatoms. The number of nitriles is 1. The summed E-state index contributed by atoms with van der Waals surface area (Å²) in [6.07, 6.45) is 4.04. The number of hydrogen-bond donors (Lipinski definition) is 1. The van der Waals surface area contributed by atoms with E-state index in [2.05, 4.69) is 38.1 Å². The van der Waals surface area contributed by atoms with Gasteiger partial charge in [0.1, 0.15) is 23.6 Å². The van der Waals surface area contributed by atoms with Crippen molar-refractivity contribution < 1.29 is 8.60 Å². The van der Waals surface area contributed by atoms with Crippen molar-refractivity contribution in [3.63, 3.8) is 0 Å². The van der Waals surface area contributed by atoms with Gasteiger partial charge in [-0.1, -0.05) is 18.2 Å². The number of nitrogens with one attached hydrogen (secondary N) is 1. The maximum Gasteiger partial charge on any atom is 0.255 e. The van der Waals surface area contributed by atoms with E-state index in [0.29, 0.717) is 46.4 Å². The van der Waals surface area contributed by atoms with Crippen LogP contribution in [0.3, 0.4) is 0 Å². The summed E-state index contributed by atoms with van der Waals surface area (Å²) in [5, 5.41) is 12.7. The molecule has 1 aliphatic heterocycles. The van der Waals surface area contributed by atoms with E-state index in [1.807, 2.05) is 13.0 Å². The molecular weight excluding hydrogens is 505 g/mol. The standard InChI is InChI=1S/C23H27FN6O2P2S/c1-13(15-4-3-5-16(19(15)24)23(33)34)29-20-18-10-17(22(31)30(2)21(18)27-12-26-20)14-6-8-35(32,9-7-14)28-11-25/h3-5,10,12-14,23H,6-9,33-34H2,1-2H3,(H,26,27,29)/t13-,14?,35?/m1/s1. The molecule has 1 aliphatic rings. The minimum absolute atomic E-state index is 0.106. The number of rotatable bonds is 5. The molecule has 3 heterocycles. The topological polar surface area (TPSA) is 113 Å². The molecule has 0 bridgehead atoms. The third-order valence-corrected chi connectivity index (χ3v) is 9.37. The molecule has 1 aromatic carbocycles. The highest BCUT2D eigenvalue weighted by molar-refractivity contribution is 7.93. The first-order chi connectivity index (χ1) is 16.6. The van der Waals surface area contributed by atoms with Crippen LogP contribution in [0.2, 0.25) is 0 Å². The van der Waals surface area contributed by atoms with Crippen molar-refractivity contribution in [2.75, 3.05) is 16.8 Å². The van der Waals surface area contributed by atoms with Crippen molar-refractivity contribution in [2.45, 2.75) is 37.1 Å². The molecule has 0 radical (unpaired) electrons. The van der Waals surface area contributed by atoms with Crippen molar-refractivity contribution in [3.05, 3.63) is 63.5 Å². The number of pyridine rings is 1. The molecule has 0 saturated carbocycles. The number of fused-ring (bicyclic) bond motifs is 1. The second-order valence-corrected chi connectivity index (χ2v) is 13.5. The average Bonchev–Trinajstić information content (AvgIpc) is 2.82. The monoisotopic (exact) mass is 532 g/mol. The Labute approximate surface area is 208 Å². The average molecular weight is 533 g/mol. The Hall–Kier alpha value is -2.46. The van der Waals surface area contributed by atoms with E-state index >= 15 is 4.39 Å². The van der Waals surface area contributed by atoms with Crippen LogP contribution in [0.25, 0.3) is 11.0 Å². The molecule has 2 aromatic heterocycles. The third-order valence-electron chi connectivity index (χ3n) is 6.49. The molecule has 35 heavy (non-hydrogen) atoms. The minimum Gasteiger partial charge on any atom is -0.363 e. The molecule has 3 atom stereocenters. The minimum atomic E-state index is -2.54. The van der Waals surface area contributed by atoms with Crippen molar-refractivity contribution in [3.8, 4) is 6.19 Å². The van der Waals surface area contributed by atoms with Gasteiger partial charge in [0.15, 0.2) is 0 Å². The summed E-state index contributed by atoms with van der Waals surface area (Å²) >= 11 is 0.